The molecule has 2 aromatic rings. The first kappa shape index (κ1) is 14.3. The van der Waals surface area contributed by atoms with Gasteiger partial charge in [0, 0.05) is 30.0 Å². The fraction of sp³-hybridized carbons (Fsp3) is 0.412. The largest absolute Gasteiger partial charge is 0.334 e. The van der Waals surface area contributed by atoms with Gasteiger partial charge in [-0.05, 0) is 37.1 Å². The second kappa shape index (κ2) is 6.44. The van der Waals surface area contributed by atoms with E-state index in [9.17, 15) is 4.79 Å². The fourth-order valence-electron chi connectivity index (χ4n) is 2.80. The predicted molar refractivity (Wildman–Crippen MR) is 85.8 cm³/mol. The number of carbonyl (C=O) groups is 1. The van der Waals surface area contributed by atoms with Gasteiger partial charge in [-0.15, -0.1) is 11.6 Å². The van der Waals surface area contributed by atoms with Crippen LogP contribution in [-0.2, 0) is 0 Å². The number of aromatic nitrogens is 1. The highest BCUT2D eigenvalue weighted by atomic mass is 35.5. The van der Waals surface area contributed by atoms with E-state index in [0.717, 1.165) is 36.6 Å². The Kier molecular flexibility index (Phi) is 4.39. The molecule has 0 aliphatic heterocycles. The second-order valence-corrected chi connectivity index (χ2v) is 5.88. The van der Waals surface area contributed by atoms with Crippen LogP contribution in [0.5, 0.6) is 0 Å². The van der Waals surface area contributed by atoms with E-state index in [0.29, 0.717) is 17.6 Å². The number of fused-ring (bicyclic) bond motifs is 1. The first-order valence-corrected chi connectivity index (χ1v) is 8.05. The molecule has 3 rings (SSSR count). The summed E-state index contributed by atoms with van der Waals surface area (Å²) in [6.07, 6.45) is 5.94. The van der Waals surface area contributed by atoms with Crippen molar-refractivity contribution in [2.24, 2.45) is 0 Å². The van der Waals surface area contributed by atoms with Gasteiger partial charge >= 0.3 is 0 Å². The number of alkyl halides is 1. The molecule has 21 heavy (non-hydrogen) atoms. The molecule has 1 heterocycles. The number of rotatable bonds is 5. The highest BCUT2D eigenvalue weighted by molar-refractivity contribution is 6.17. The number of carbonyl (C=O) groups excluding carboxylic acids is 1. The van der Waals surface area contributed by atoms with Crippen LogP contribution in [0.4, 0.5) is 0 Å². The van der Waals surface area contributed by atoms with Crippen LogP contribution in [0.2, 0.25) is 0 Å². The van der Waals surface area contributed by atoms with Gasteiger partial charge in [0.1, 0.15) is 5.69 Å². The van der Waals surface area contributed by atoms with E-state index in [-0.39, 0.29) is 5.91 Å². The molecule has 110 valence electrons. The molecule has 1 fully saturated rings. The number of nitrogens with zero attached hydrogens (tertiary/aromatic N) is 2. The molecule has 3 nitrogen and oxygen atoms in total. The van der Waals surface area contributed by atoms with Crippen LogP contribution in [0.3, 0.4) is 0 Å². The lowest BCUT2D eigenvalue weighted by Crippen LogP contribution is -2.45. The lowest BCUT2D eigenvalue weighted by molar-refractivity contribution is 0.0577. The van der Waals surface area contributed by atoms with Crippen molar-refractivity contribution in [1.82, 2.24) is 9.88 Å². The summed E-state index contributed by atoms with van der Waals surface area (Å²) in [4.78, 5) is 19.2. The van der Waals surface area contributed by atoms with Crippen molar-refractivity contribution in [2.45, 2.75) is 31.7 Å². The van der Waals surface area contributed by atoms with Gasteiger partial charge < -0.3 is 4.90 Å². The van der Waals surface area contributed by atoms with E-state index in [4.69, 9.17) is 11.6 Å². The molecule has 0 N–H and O–H groups in total. The van der Waals surface area contributed by atoms with Crippen molar-refractivity contribution in [2.75, 3.05) is 12.4 Å². The third-order valence-corrected chi connectivity index (χ3v) is 4.45. The van der Waals surface area contributed by atoms with E-state index in [1.807, 2.05) is 35.2 Å². The first-order chi connectivity index (χ1) is 10.3. The van der Waals surface area contributed by atoms with Crippen molar-refractivity contribution in [3.05, 3.63) is 42.2 Å². The van der Waals surface area contributed by atoms with Crippen molar-refractivity contribution < 1.29 is 4.79 Å². The Morgan fingerprint density at radius 3 is 2.81 bits per heavy atom. The zero-order valence-electron chi connectivity index (χ0n) is 12.0. The Morgan fingerprint density at radius 1 is 1.29 bits per heavy atom. The third kappa shape index (κ3) is 2.88. The van der Waals surface area contributed by atoms with Crippen molar-refractivity contribution in [3.63, 3.8) is 0 Å². The minimum Gasteiger partial charge on any atom is -0.334 e. The highest BCUT2D eigenvalue weighted by Crippen LogP contribution is 2.27. The average Bonchev–Trinajstić information content (AvgIpc) is 2.48. The molecule has 1 saturated carbocycles. The van der Waals surface area contributed by atoms with Crippen molar-refractivity contribution in [3.8, 4) is 0 Å². The minimum atomic E-state index is 0.0432. The van der Waals surface area contributed by atoms with Gasteiger partial charge in [-0.2, -0.15) is 0 Å². The van der Waals surface area contributed by atoms with Crippen LogP contribution in [0, 0.1) is 0 Å². The third-order valence-electron chi connectivity index (χ3n) is 4.19. The smallest absolute Gasteiger partial charge is 0.273 e. The summed E-state index contributed by atoms with van der Waals surface area (Å²) in [6, 6.07) is 10.2. The molecule has 0 saturated heterocycles. The van der Waals surface area contributed by atoms with Gasteiger partial charge in [-0.25, -0.2) is 0 Å². The number of halogens is 1. The van der Waals surface area contributed by atoms with E-state index >= 15 is 0 Å². The summed E-state index contributed by atoms with van der Waals surface area (Å²) in [5.74, 6) is 0.626. The molecule has 0 atom stereocenters. The second-order valence-electron chi connectivity index (χ2n) is 5.51. The number of pyridine rings is 1. The average molecular weight is 303 g/mol. The molecule has 4 heteroatoms. The molecule has 1 amide bonds. The molecule has 0 spiro atoms. The number of hydrogen-bond acceptors (Lipinski definition) is 2. The van der Waals surface area contributed by atoms with E-state index in [1.54, 1.807) is 6.20 Å². The summed E-state index contributed by atoms with van der Waals surface area (Å²) >= 11 is 5.80. The zero-order valence-corrected chi connectivity index (χ0v) is 12.7. The molecule has 1 aromatic heterocycles. The minimum absolute atomic E-state index is 0.0432. The SMILES string of the molecule is O=C(c1nccc2ccccc12)N(CCCCl)C1CCC1. The number of benzene rings is 1. The molecule has 1 aliphatic carbocycles. The lowest BCUT2D eigenvalue weighted by atomic mass is 9.91. The van der Waals surface area contributed by atoms with Gasteiger partial charge in [-0.1, -0.05) is 24.3 Å². The number of amides is 1. The van der Waals surface area contributed by atoms with E-state index < -0.39 is 0 Å². The van der Waals surface area contributed by atoms with Gasteiger partial charge in [0.2, 0.25) is 0 Å². The maximum absolute atomic E-state index is 12.9. The summed E-state index contributed by atoms with van der Waals surface area (Å²) in [6.45, 7) is 0.720. The lowest BCUT2D eigenvalue weighted by Gasteiger charge is -2.37. The van der Waals surface area contributed by atoms with Crippen LogP contribution in [0.15, 0.2) is 36.5 Å². The van der Waals surface area contributed by atoms with Crippen LogP contribution in [-0.4, -0.2) is 34.3 Å². The molecular weight excluding hydrogens is 284 g/mol. The summed E-state index contributed by atoms with van der Waals surface area (Å²) < 4.78 is 0. The maximum atomic E-state index is 12.9. The molecule has 0 unspecified atom stereocenters. The zero-order chi connectivity index (χ0) is 14.7. The summed E-state index contributed by atoms with van der Waals surface area (Å²) in [5, 5.41) is 1.99. The van der Waals surface area contributed by atoms with Crippen LogP contribution >= 0.6 is 11.6 Å². The monoisotopic (exact) mass is 302 g/mol. The molecule has 1 aromatic carbocycles. The fourth-order valence-corrected chi connectivity index (χ4v) is 2.92. The normalized spacial score (nSPS) is 14.9. The Hall–Kier alpha value is -1.61. The van der Waals surface area contributed by atoms with Crippen LogP contribution < -0.4 is 0 Å². The topological polar surface area (TPSA) is 33.2 Å². The predicted octanol–water partition coefficient (Wildman–Crippen LogP) is 3.86. The van der Waals surface area contributed by atoms with Crippen LogP contribution in [0.25, 0.3) is 10.8 Å². The maximum Gasteiger partial charge on any atom is 0.273 e. The van der Waals surface area contributed by atoms with Gasteiger partial charge in [0.15, 0.2) is 0 Å². The quantitative estimate of drug-likeness (QED) is 0.786. The Morgan fingerprint density at radius 2 is 2.10 bits per heavy atom. The van der Waals surface area contributed by atoms with Gasteiger partial charge in [0.05, 0.1) is 0 Å². The van der Waals surface area contributed by atoms with E-state index in [2.05, 4.69) is 4.98 Å². The van der Waals surface area contributed by atoms with E-state index in [1.165, 1.54) is 6.42 Å². The Bertz CT molecular complexity index is 634. The molecular formula is C17H19ClN2O. The highest BCUT2D eigenvalue weighted by Gasteiger charge is 2.30. The molecule has 0 bridgehead atoms. The van der Waals surface area contributed by atoms with Gasteiger partial charge in [-0.3, -0.25) is 9.78 Å². The Balaban J connectivity index is 1.93. The number of hydrogen-bond donors (Lipinski definition) is 0. The van der Waals surface area contributed by atoms with Crippen molar-refractivity contribution >= 4 is 28.3 Å². The Labute approximate surface area is 129 Å². The first-order valence-electron chi connectivity index (χ1n) is 7.52. The summed E-state index contributed by atoms with van der Waals surface area (Å²) in [5.41, 5.74) is 0.564. The molecule has 0 radical (unpaired) electrons. The van der Waals surface area contributed by atoms with Crippen molar-refractivity contribution in [1.29, 1.82) is 0 Å². The summed E-state index contributed by atoms with van der Waals surface area (Å²) in [7, 11) is 0. The van der Waals surface area contributed by atoms with Crippen LogP contribution in [0.1, 0.15) is 36.2 Å². The molecule has 1 aliphatic rings. The standard InChI is InChI=1S/C17H19ClN2O/c18-10-4-12-20(14-6-3-7-14)17(21)16-15-8-2-1-5-13(15)9-11-19-16/h1-2,5,8-9,11,14H,3-4,6-7,10,12H2. The van der Waals surface area contributed by atoms with Gasteiger partial charge in [0.25, 0.3) is 5.91 Å².